The summed E-state index contributed by atoms with van der Waals surface area (Å²) in [5.41, 5.74) is 17.9. The lowest BCUT2D eigenvalue weighted by atomic mass is 9.80. The standard InChI is InChI=1S/C12H14N4O2S/c1-5-6(3-13)9(14)18-8(5)12(2)4-17-10(15)7(12)11(16)19/h4,14-15H2,1-2H3,(H2,16,19). The Balaban J connectivity index is 2.66. The van der Waals surface area contributed by atoms with Crippen molar-refractivity contribution in [2.45, 2.75) is 19.3 Å². The Morgan fingerprint density at radius 1 is 1.47 bits per heavy atom. The molecule has 0 aromatic carbocycles. The molecule has 7 heteroatoms. The van der Waals surface area contributed by atoms with Gasteiger partial charge in [-0.1, -0.05) is 12.2 Å². The predicted octanol–water partition coefficient (Wildman–Crippen LogP) is 0.786. The van der Waals surface area contributed by atoms with Gasteiger partial charge in [0.1, 0.15) is 29.0 Å². The first-order chi connectivity index (χ1) is 8.82. The molecule has 1 unspecified atom stereocenters. The number of nitriles is 1. The molecule has 6 nitrogen and oxygen atoms in total. The van der Waals surface area contributed by atoms with E-state index < -0.39 is 5.41 Å². The van der Waals surface area contributed by atoms with Gasteiger partial charge in [-0.3, -0.25) is 0 Å². The normalized spacial score (nSPS) is 22.2. The maximum absolute atomic E-state index is 9.06. The molecule has 1 atom stereocenters. The molecule has 1 aromatic rings. The minimum absolute atomic E-state index is 0.0731. The molecule has 1 aliphatic heterocycles. The van der Waals surface area contributed by atoms with E-state index in [0.29, 0.717) is 22.5 Å². The van der Waals surface area contributed by atoms with Crippen molar-refractivity contribution < 1.29 is 9.15 Å². The van der Waals surface area contributed by atoms with Gasteiger partial charge in [0.05, 0.1) is 11.0 Å². The van der Waals surface area contributed by atoms with E-state index in [1.807, 2.05) is 13.0 Å². The molecule has 0 saturated heterocycles. The molecule has 1 aromatic heterocycles. The molecule has 0 saturated carbocycles. The zero-order chi connectivity index (χ0) is 14.4. The van der Waals surface area contributed by atoms with Gasteiger partial charge in [0, 0.05) is 5.56 Å². The van der Waals surface area contributed by atoms with Crippen LogP contribution in [0.15, 0.2) is 15.9 Å². The number of nitrogens with two attached hydrogens (primary N) is 3. The van der Waals surface area contributed by atoms with E-state index in [-0.39, 0.29) is 23.4 Å². The van der Waals surface area contributed by atoms with Crippen LogP contribution >= 0.6 is 12.2 Å². The molecule has 1 aliphatic rings. The lowest BCUT2D eigenvalue weighted by Gasteiger charge is -2.23. The number of thiocarbonyl (C=S) groups is 1. The first kappa shape index (κ1) is 13.2. The van der Waals surface area contributed by atoms with Crippen LogP contribution in [0.3, 0.4) is 0 Å². The Kier molecular flexibility index (Phi) is 2.91. The third-order valence-corrected chi connectivity index (χ3v) is 3.55. The van der Waals surface area contributed by atoms with Crippen molar-refractivity contribution in [2.75, 3.05) is 12.3 Å². The van der Waals surface area contributed by atoms with Crippen LogP contribution in [0.2, 0.25) is 0 Å². The quantitative estimate of drug-likeness (QED) is 0.683. The second-order valence-electron chi connectivity index (χ2n) is 4.63. The summed E-state index contributed by atoms with van der Waals surface area (Å²) in [5.74, 6) is 0.761. The van der Waals surface area contributed by atoms with E-state index in [1.165, 1.54) is 0 Å². The largest absolute Gasteiger partial charge is 0.478 e. The van der Waals surface area contributed by atoms with Crippen molar-refractivity contribution in [1.82, 2.24) is 0 Å². The van der Waals surface area contributed by atoms with Crippen LogP contribution in [0.1, 0.15) is 23.8 Å². The Hall–Kier alpha value is -2.20. The van der Waals surface area contributed by atoms with Crippen LogP contribution in [-0.4, -0.2) is 11.6 Å². The van der Waals surface area contributed by atoms with Gasteiger partial charge in [-0.05, 0) is 13.8 Å². The van der Waals surface area contributed by atoms with Gasteiger partial charge in [-0.25, -0.2) is 0 Å². The van der Waals surface area contributed by atoms with Gasteiger partial charge in [-0.15, -0.1) is 0 Å². The minimum atomic E-state index is -0.733. The smallest absolute Gasteiger partial charge is 0.208 e. The first-order valence-electron chi connectivity index (χ1n) is 5.55. The van der Waals surface area contributed by atoms with E-state index in [1.54, 1.807) is 6.92 Å². The summed E-state index contributed by atoms with van der Waals surface area (Å²) < 4.78 is 10.9. The van der Waals surface area contributed by atoms with Crippen LogP contribution in [0.5, 0.6) is 0 Å². The lowest BCUT2D eigenvalue weighted by molar-refractivity contribution is 0.195. The third kappa shape index (κ3) is 1.72. The highest BCUT2D eigenvalue weighted by Gasteiger charge is 2.45. The molecule has 100 valence electrons. The average Bonchev–Trinajstić information content (AvgIpc) is 2.78. The van der Waals surface area contributed by atoms with Gasteiger partial charge in [0.25, 0.3) is 0 Å². The number of ether oxygens (including phenoxy) is 1. The highest BCUT2D eigenvalue weighted by molar-refractivity contribution is 7.80. The van der Waals surface area contributed by atoms with Crippen molar-refractivity contribution in [3.05, 3.63) is 28.3 Å². The molecule has 0 bridgehead atoms. The minimum Gasteiger partial charge on any atom is -0.478 e. The molecule has 6 N–H and O–H groups in total. The van der Waals surface area contributed by atoms with E-state index in [0.717, 1.165) is 0 Å². The molecule has 0 fully saturated rings. The average molecular weight is 278 g/mol. The monoisotopic (exact) mass is 278 g/mol. The maximum atomic E-state index is 9.06. The number of furan rings is 1. The Labute approximate surface area is 115 Å². The van der Waals surface area contributed by atoms with Crippen LogP contribution in [-0.2, 0) is 10.2 Å². The summed E-state index contributed by atoms with van der Waals surface area (Å²) in [6.07, 6.45) is 0. The molecule has 2 heterocycles. The summed E-state index contributed by atoms with van der Waals surface area (Å²) in [4.78, 5) is 0.144. The molecule has 0 aliphatic carbocycles. The second-order valence-corrected chi connectivity index (χ2v) is 5.07. The summed E-state index contributed by atoms with van der Waals surface area (Å²) in [6.45, 7) is 3.84. The van der Waals surface area contributed by atoms with Gasteiger partial charge < -0.3 is 26.4 Å². The van der Waals surface area contributed by atoms with Gasteiger partial charge in [0.15, 0.2) is 5.88 Å². The SMILES string of the molecule is Cc1c(C2(C)COC(N)=C2C(N)=S)oc(N)c1C#N. The van der Waals surface area contributed by atoms with E-state index in [2.05, 4.69) is 0 Å². The van der Waals surface area contributed by atoms with Crippen LogP contribution in [0, 0.1) is 18.3 Å². The molecule has 2 rings (SSSR count). The summed E-state index contributed by atoms with van der Waals surface area (Å²) in [5, 5.41) is 9.06. The summed E-state index contributed by atoms with van der Waals surface area (Å²) in [7, 11) is 0. The van der Waals surface area contributed by atoms with E-state index in [9.17, 15) is 0 Å². The Bertz CT molecular complexity index is 641. The van der Waals surface area contributed by atoms with E-state index in [4.69, 9.17) is 43.8 Å². The zero-order valence-electron chi connectivity index (χ0n) is 10.6. The number of anilines is 1. The number of hydrogen-bond donors (Lipinski definition) is 3. The van der Waals surface area contributed by atoms with Crippen molar-refractivity contribution in [3.8, 4) is 6.07 Å². The van der Waals surface area contributed by atoms with Gasteiger partial charge >= 0.3 is 0 Å². The maximum Gasteiger partial charge on any atom is 0.208 e. The molecule has 0 amide bonds. The van der Waals surface area contributed by atoms with E-state index >= 15 is 0 Å². The fourth-order valence-electron chi connectivity index (χ4n) is 2.41. The lowest BCUT2D eigenvalue weighted by Crippen LogP contribution is -2.32. The van der Waals surface area contributed by atoms with Crippen LogP contribution in [0.25, 0.3) is 0 Å². The Morgan fingerprint density at radius 3 is 2.58 bits per heavy atom. The molecule has 19 heavy (non-hydrogen) atoms. The van der Waals surface area contributed by atoms with Crippen molar-refractivity contribution in [1.29, 1.82) is 5.26 Å². The first-order valence-corrected chi connectivity index (χ1v) is 5.96. The van der Waals surface area contributed by atoms with Crippen molar-refractivity contribution in [3.63, 3.8) is 0 Å². The number of nitrogens with zero attached hydrogens (tertiary/aromatic N) is 1. The predicted molar refractivity (Wildman–Crippen MR) is 73.9 cm³/mol. The highest BCUT2D eigenvalue weighted by atomic mass is 32.1. The molecular weight excluding hydrogens is 264 g/mol. The number of rotatable bonds is 2. The fraction of sp³-hybridized carbons (Fsp3) is 0.333. The second kappa shape index (κ2) is 4.17. The highest BCUT2D eigenvalue weighted by Crippen LogP contribution is 2.43. The number of hydrogen-bond acceptors (Lipinski definition) is 6. The van der Waals surface area contributed by atoms with Crippen molar-refractivity contribution in [2.24, 2.45) is 11.5 Å². The Morgan fingerprint density at radius 2 is 2.11 bits per heavy atom. The van der Waals surface area contributed by atoms with Gasteiger partial charge in [-0.2, -0.15) is 5.26 Å². The van der Waals surface area contributed by atoms with Crippen LogP contribution < -0.4 is 17.2 Å². The third-order valence-electron chi connectivity index (χ3n) is 3.35. The summed E-state index contributed by atoms with van der Waals surface area (Å²) >= 11 is 5.01. The van der Waals surface area contributed by atoms with Gasteiger partial charge in [0.2, 0.25) is 5.88 Å². The van der Waals surface area contributed by atoms with Crippen molar-refractivity contribution >= 4 is 23.1 Å². The fourth-order valence-corrected chi connectivity index (χ4v) is 2.74. The molecule has 0 spiro atoms. The zero-order valence-corrected chi connectivity index (χ0v) is 11.4. The molecule has 0 radical (unpaired) electrons. The summed E-state index contributed by atoms with van der Waals surface area (Å²) in [6, 6.07) is 2.01. The van der Waals surface area contributed by atoms with Crippen LogP contribution in [0.4, 0.5) is 5.88 Å². The number of nitrogen functional groups attached to an aromatic ring is 1. The molecular formula is C12H14N4O2S. The topological polar surface area (TPSA) is 124 Å².